The summed E-state index contributed by atoms with van der Waals surface area (Å²) in [5, 5.41) is 8.20. The maximum atomic E-state index is 4.45. The Morgan fingerprint density at radius 3 is 2.62 bits per heavy atom. The van der Waals surface area contributed by atoms with Crippen molar-refractivity contribution in [3.63, 3.8) is 0 Å². The lowest BCUT2D eigenvalue weighted by atomic mass is 10.3. The van der Waals surface area contributed by atoms with Gasteiger partial charge in [-0.2, -0.15) is 4.68 Å². The summed E-state index contributed by atoms with van der Waals surface area (Å²) in [6.07, 6.45) is 0. The van der Waals surface area contributed by atoms with Gasteiger partial charge in [0.05, 0.1) is 5.69 Å². The standard InChI is InChI=1S/C12H10N4/c1-9-7-8-11-12(13-9)16(15-14-11)10-5-3-2-4-6-10/h2-8H,1H3. The average Bonchev–Trinajstić information content (AvgIpc) is 2.73. The van der Waals surface area contributed by atoms with E-state index in [9.17, 15) is 0 Å². The van der Waals surface area contributed by atoms with E-state index in [1.165, 1.54) is 0 Å². The van der Waals surface area contributed by atoms with Crippen molar-refractivity contribution in [2.75, 3.05) is 0 Å². The maximum absolute atomic E-state index is 4.45. The Morgan fingerprint density at radius 2 is 1.81 bits per heavy atom. The van der Waals surface area contributed by atoms with Crippen molar-refractivity contribution in [2.24, 2.45) is 0 Å². The third kappa shape index (κ3) is 1.35. The first-order valence-electron chi connectivity index (χ1n) is 5.09. The third-order valence-corrected chi connectivity index (χ3v) is 2.44. The molecular formula is C12H10N4. The summed E-state index contributed by atoms with van der Waals surface area (Å²) in [6, 6.07) is 13.8. The molecule has 0 unspecified atom stereocenters. The van der Waals surface area contributed by atoms with Crippen molar-refractivity contribution in [2.45, 2.75) is 6.92 Å². The van der Waals surface area contributed by atoms with Gasteiger partial charge in [-0.05, 0) is 31.2 Å². The zero-order valence-electron chi connectivity index (χ0n) is 8.83. The van der Waals surface area contributed by atoms with Crippen LogP contribution in [0.1, 0.15) is 5.69 Å². The van der Waals surface area contributed by atoms with E-state index >= 15 is 0 Å². The number of nitrogens with zero attached hydrogens (tertiary/aromatic N) is 4. The van der Waals surface area contributed by atoms with Crippen molar-refractivity contribution in [1.82, 2.24) is 20.0 Å². The van der Waals surface area contributed by atoms with Gasteiger partial charge in [0.2, 0.25) is 0 Å². The fourth-order valence-corrected chi connectivity index (χ4v) is 1.65. The van der Waals surface area contributed by atoms with E-state index in [4.69, 9.17) is 0 Å². The number of pyridine rings is 1. The van der Waals surface area contributed by atoms with Crippen LogP contribution < -0.4 is 0 Å². The Bertz CT molecular complexity index is 628. The molecule has 0 aliphatic heterocycles. The quantitative estimate of drug-likeness (QED) is 0.618. The minimum atomic E-state index is 0.797. The highest BCUT2D eigenvalue weighted by molar-refractivity contribution is 5.71. The highest BCUT2D eigenvalue weighted by atomic mass is 15.4. The predicted octanol–water partition coefficient (Wildman–Crippen LogP) is 2.12. The van der Waals surface area contributed by atoms with Gasteiger partial charge in [0.1, 0.15) is 5.52 Å². The second-order valence-corrected chi connectivity index (χ2v) is 3.63. The number of rotatable bonds is 1. The van der Waals surface area contributed by atoms with Gasteiger partial charge < -0.3 is 0 Å². The number of fused-ring (bicyclic) bond motifs is 1. The Morgan fingerprint density at radius 1 is 1.00 bits per heavy atom. The second kappa shape index (κ2) is 3.41. The summed E-state index contributed by atoms with van der Waals surface area (Å²) in [7, 11) is 0. The van der Waals surface area contributed by atoms with E-state index in [1.807, 2.05) is 49.4 Å². The fourth-order valence-electron chi connectivity index (χ4n) is 1.65. The zero-order chi connectivity index (χ0) is 11.0. The first kappa shape index (κ1) is 9.03. The van der Waals surface area contributed by atoms with Gasteiger partial charge in [0, 0.05) is 5.69 Å². The molecule has 0 bridgehead atoms. The number of aryl methyl sites for hydroxylation is 1. The van der Waals surface area contributed by atoms with E-state index in [2.05, 4.69) is 15.3 Å². The Balaban J connectivity index is 2.29. The van der Waals surface area contributed by atoms with Crippen molar-refractivity contribution in [3.05, 3.63) is 48.2 Å². The van der Waals surface area contributed by atoms with Crippen molar-refractivity contribution >= 4 is 11.2 Å². The largest absolute Gasteiger partial charge is 0.232 e. The molecule has 1 aromatic carbocycles. The molecule has 0 fully saturated rings. The van der Waals surface area contributed by atoms with Gasteiger partial charge >= 0.3 is 0 Å². The molecule has 0 saturated heterocycles. The lowest BCUT2D eigenvalue weighted by Gasteiger charge is -2.00. The minimum absolute atomic E-state index is 0.797. The molecule has 2 aromatic heterocycles. The van der Waals surface area contributed by atoms with E-state index in [1.54, 1.807) is 4.68 Å². The number of benzene rings is 1. The summed E-state index contributed by atoms with van der Waals surface area (Å²) >= 11 is 0. The lowest BCUT2D eigenvalue weighted by molar-refractivity contribution is 0.816. The van der Waals surface area contributed by atoms with Gasteiger partial charge in [0.15, 0.2) is 5.65 Å². The molecule has 0 saturated carbocycles. The molecule has 2 heterocycles. The molecule has 0 N–H and O–H groups in total. The summed E-state index contributed by atoms with van der Waals surface area (Å²) in [5.74, 6) is 0. The Labute approximate surface area is 92.6 Å². The third-order valence-electron chi connectivity index (χ3n) is 2.44. The van der Waals surface area contributed by atoms with Crippen LogP contribution in [0.25, 0.3) is 16.9 Å². The molecule has 0 spiro atoms. The number of hydrogen-bond acceptors (Lipinski definition) is 3. The topological polar surface area (TPSA) is 43.6 Å². The molecule has 0 aliphatic carbocycles. The number of hydrogen-bond donors (Lipinski definition) is 0. The summed E-state index contributed by atoms with van der Waals surface area (Å²) in [6.45, 7) is 1.96. The molecule has 0 aliphatic rings. The number of para-hydroxylation sites is 1. The Kier molecular flexibility index (Phi) is 1.93. The molecule has 0 amide bonds. The van der Waals surface area contributed by atoms with Gasteiger partial charge in [-0.25, -0.2) is 4.98 Å². The highest BCUT2D eigenvalue weighted by Gasteiger charge is 2.06. The highest BCUT2D eigenvalue weighted by Crippen LogP contribution is 2.14. The van der Waals surface area contributed by atoms with Crippen LogP contribution in [-0.2, 0) is 0 Å². The Hall–Kier alpha value is -2.23. The maximum Gasteiger partial charge on any atom is 0.183 e. The van der Waals surface area contributed by atoms with Crippen LogP contribution in [-0.4, -0.2) is 20.0 Å². The lowest BCUT2D eigenvalue weighted by Crippen LogP contribution is -1.97. The molecule has 3 rings (SSSR count). The van der Waals surface area contributed by atoms with E-state index < -0.39 is 0 Å². The molecule has 4 heteroatoms. The summed E-state index contributed by atoms with van der Waals surface area (Å²) in [5.41, 5.74) is 3.55. The van der Waals surface area contributed by atoms with Crippen molar-refractivity contribution < 1.29 is 0 Å². The molecule has 78 valence electrons. The smallest absolute Gasteiger partial charge is 0.183 e. The molecule has 0 atom stereocenters. The predicted molar refractivity (Wildman–Crippen MR) is 61.4 cm³/mol. The van der Waals surface area contributed by atoms with Crippen LogP contribution in [0.3, 0.4) is 0 Å². The molecule has 3 aromatic rings. The number of aromatic nitrogens is 4. The fraction of sp³-hybridized carbons (Fsp3) is 0.0833. The normalized spacial score (nSPS) is 10.8. The minimum Gasteiger partial charge on any atom is -0.232 e. The first-order chi connectivity index (χ1) is 7.84. The van der Waals surface area contributed by atoms with Crippen molar-refractivity contribution in [3.8, 4) is 5.69 Å². The summed E-state index contributed by atoms with van der Waals surface area (Å²) < 4.78 is 1.75. The first-order valence-corrected chi connectivity index (χ1v) is 5.09. The molecule has 0 radical (unpaired) electrons. The van der Waals surface area contributed by atoms with E-state index in [-0.39, 0.29) is 0 Å². The van der Waals surface area contributed by atoms with Crippen LogP contribution in [0.15, 0.2) is 42.5 Å². The SMILES string of the molecule is Cc1ccc2nnn(-c3ccccc3)c2n1. The zero-order valence-corrected chi connectivity index (χ0v) is 8.83. The van der Waals surface area contributed by atoms with Gasteiger partial charge in [-0.3, -0.25) is 0 Å². The monoisotopic (exact) mass is 210 g/mol. The van der Waals surface area contributed by atoms with Gasteiger partial charge in [0.25, 0.3) is 0 Å². The van der Waals surface area contributed by atoms with Gasteiger partial charge in [-0.15, -0.1) is 5.10 Å². The van der Waals surface area contributed by atoms with E-state index in [0.29, 0.717) is 0 Å². The van der Waals surface area contributed by atoms with Gasteiger partial charge in [-0.1, -0.05) is 23.4 Å². The summed E-state index contributed by atoms with van der Waals surface area (Å²) in [4.78, 5) is 4.45. The molecule has 16 heavy (non-hydrogen) atoms. The van der Waals surface area contributed by atoms with Crippen LogP contribution in [0, 0.1) is 6.92 Å². The van der Waals surface area contributed by atoms with Crippen LogP contribution in [0.4, 0.5) is 0 Å². The molecular weight excluding hydrogens is 200 g/mol. The van der Waals surface area contributed by atoms with Crippen LogP contribution >= 0.6 is 0 Å². The van der Waals surface area contributed by atoms with Crippen LogP contribution in [0.2, 0.25) is 0 Å². The second-order valence-electron chi connectivity index (χ2n) is 3.63. The molecule has 4 nitrogen and oxygen atoms in total. The van der Waals surface area contributed by atoms with Crippen LogP contribution in [0.5, 0.6) is 0 Å². The average molecular weight is 210 g/mol. The van der Waals surface area contributed by atoms with Crippen molar-refractivity contribution in [1.29, 1.82) is 0 Å². The van der Waals surface area contributed by atoms with E-state index in [0.717, 1.165) is 22.5 Å².